The number of hydrogen-bond donors (Lipinski definition) is 0. The maximum absolute atomic E-state index is 4.16. The van der Waals surface area contributed by atoms with Gasteiger partial charge in [0.2, 0.25) is 0 Å². The van der Waals surface area contributed by atoms with Gasteiger partial charge in [0, 0.05) is 0 Å². The molecule has 0 unspecified atom stereocenters. The van der Waals surface area contributed by atoms with Gasteiger partial charge in [0.25, 0.3) is 16.3 Å². The molecule has 2 nitrogen and oxygen atoms in total. The van der Waals surface area contributed by atoms with Crippen molar-refractivity contribution in [3.8, 4) is 0 Å². The van der Waals surface area contributed by atoms with Gasteiger partial charge in [-0.3, -0.25) is 0 Å². The van der Waals surface area contributed by atoms with Gasteiger partial charge in [-0.2, -0.15) is 10.2 Å². The van der Waals surface area contributed by atoms with Crippen molar-refractivity contribution in [2.45, 2.75) is 0 Å². The number of benzene rings is 2. The van der Waals surface area contributed by atoms with Crippen molar-refractivity contribution in [3.05, 3.63) is 54.6 Å². The van der Waals surface area contributed by atoms with Crippen LogP contribution in [0.15, 0.2) is 64.8 Å². The Bertz CT molecular complexity index is 449. The SMILES string of the molecule is [AlH2][c]1ccc(N=Nc2ccccc2)cc1. The molecule has 0 bridgehead atoms. The lowest BCUT2D eigenvalue weighted by atomic mass is 10.3. The highest BCUT2D eigenvalue weighted by Gasteiger charge is 1.89. The normalized spacial score (nSPS) is 10.7. The van der Waals surface area contributed by atoms with Gasteiger partial charge in [-0.05, 0) is 24.3 Å². The zero-order valence-corrected chi connectivity index (χ0v) is 10.6. The third kappa shape index (κ3) is 3.02. The molecule has 0 spiro atoms. The predicted molar refractivity (Wildman–Crippen MR) is 65.2 cm³/mol. The molecule has 0 fully saturated rings. The van der Waals surface area contributed by atoms with Crippen LogP contribution in [0.4, 0.5) is 11.4 Å². The summed E-state index contributed by atoms with van der Waals surface area (Å²) in [6.45, 7) is 0. The first-order valence-electron chi connectivity index (χ1n) is 4.88. The summed E-state index contributed by atoms with van der Waals surface area (Å²) in [6.07, 6.45) is 0. The molecule has 15 heavy (non-hydrogen) atoms. The molecular formula is C12H11AlN2. The molecule has 0 aromatic heterocycles. The number of azo groups is 1. The summed E-state index contributed by atoms with van der Waals surface area (Å²) >= 11 is 1.08. The molecule has 0 atom stereocenters. The minimum atomic E-state index is 0.882. The molecule has 3 heteroatoms. The van der Waals surface area contributed by atoms with Crippen LogP contribution in [0.5, 0.6) is 0 Å². The van der Waals surface area contributed by atoms with Crippen LogP contribution in [0.1, 0.15) is 0 Å². The van der Waals surface area contributed by atoms with E-state index in [4.69, 9.17) is 0 Å². The summed E-state index contributed by atoms with van der Waals surface area (Å²) in [4.78, 5) is 0. The third-order valence-corrected chi connectivity index (χ3v) is 2.74. The fourth-order valence-corrected chi connectivity index (χ4v) is 1.55. The maximum atomic E-state index is 4.16. The standard InChI is InChI=1S/C12H9N2.Al.2H/c1-3-7-11(8-4-1)13-14-12-9-5-2-6-10-12;;;/h1,3-10H;;;. The van der Waals surface area contributed by atoms with E-state index in [1.54, 1.807) is 0 Å². The Morgan fingerprint density at radius 1 is 0.667 bits per heavy atom. The van der Waals surface area contributed by atoms with Crippen LogP contribution in [0.2, 0.25) is 0 Å². The van der Waals surface area contributed by atoms with Crippen molar-refractivity contribution in [3.63, 3.8) is 0 Å². The highest BCUT2D eigenvalue weighted by atomic mass is 27.0. The van der Waals surface area contributed by atoms with E-state index in [0.717, 1.165) is 27.7 Å². The van der Waals surface area contributed by atoms with Gasteiger partial charge in [0.15, 0.2) is 0 Å². The van der Waals surface area contributed by atoms with E-state index in [2.05, 4.69) is 22.4 Å². The molecule has 0 saturated heterocycles. The lowest BCUT2D eigenvalue weighted by Crippen LogP contribution is -1.97. The van der Waals surface area contributed by atoms with Crippen LogP contribution in [-0.2, 0) is 0 Å². The van der Waals surface area contributed by atoms with Crippen LogP contribution in [-0.4, -0.2) is 16.3 Å². The summed E-state index contributed by atoms with van der Waals surface area (Å²) in [5.41, 5.74) is 1.78. The third-order valence-electron chi connectivity index (χ3n) is 2.07. The number of hydrogen-bond acceptors (Lipinski definition) is 2. The highest BCUT2D eigenvalue weighted by molar-refractivity contribution is 6.32. The van der Waals surface area contributed by atoms with Crippen LogP contribution < -0.4 is 4.43 Å². The second-order valence-electron chi connectivity index (χ2n) is 3.37. The van der Waals surface area contributed by atoms with E-state index in [0.29, 0.717) is 0 Å². The molecule has 2 rings (SSSR count). The average molecular weight is 210 g/mol. The van der Waals surface area contributed by atoms with Crippen molar-refractivity contribution in [1.82, 2.24) is 0 Å². The smallest absolute Gasteiger partial charge is 0.151 e. The Kier molecular flexibility index (Phi) is 3.29. The van der Waals surface area contributed by atoms with E-state index >= 15 is 0 Å². The fraction of sp³-hybridized carbons (Fsp3) is 0. The molecule has 0 aliphatic carbocycles. The molecule has 0 radical (unpaired) electrons. The Hall–Kier alpha value is -1.43. The molecule has 0 heterocycles. The van der Waals surface area contributed by atoms with Gasteiger partial charge in [-0.1, -0.05) is 30.3 Å². The summed E-state index contributed by atoms with van der Waals surface area (Å²) in [7, 11) is 0. The molecule has 0 amide bonds. The molecule has 0 saturated carbocycles. The van der Waals surface area contributed by atoms with Gasteiger partial charge < -0.3 is 0 Å². The molecule has 0 aliphatic rings. The Balaban J connectivity index is 2.15. The highest BCUT2D eigenvalue weighted by Crippen LogP contribution is 2.16. The van der Waals surface area contributed by atoms with E-state index in [-0.39, 0.29) is 0 Å². The summed E-state index contributed by atoms with van der Waals surface area (Å²) < 4.78 is 1.37. The fourth-order valence-electron chi connectivity index (χ4n) is 1.22. The minimum absolute atomic E-state index is 0.882. The molecule has 0 aliphatic heterocycles. The van der Waals surface area contributed by atoms with Crippen molar-refractivity contribution in [1.29, 1.82) is 0 Å². The van der Waals surface area contributed by atoms with Gasteiger partial charge in [0.1, 0.15) is 0 Å². The Labute approximate surface area is 97.1 Å². The Morgan fingerprint density at radius 2 is 1.20 bits per heavy atom. The lowest BCUT2D eigenvalue weighted by molar-refractivity contribution is 1.23. The Morgan fingerprint density at radius 3 is 1.80 bits per heavy atom. The second kappa shape index (κ2) is 4.88. The summed E-state index contributed by atoms with van der Waals surface area (Å²) in [6, 6.07) is 17.9. The molecule has 2 aromatic carbocycles. The molecule has 2 aromatic rings. The molecule has 0 N–H and O–H groups in total. The first-order chi connectivity index (χ1) is 7.34. The summed E-state index contributed by atoms with van der Waals surface area (Å²) in [5.74, 6) is 0. The van der Waals surface area contributed by atoms with Gasteiger partial charge >= 0.3 is 0 Å². The van der Waals surface area contributed by atoms with Crippen molar-refractivity contribution in [2.75, 3.05) is 0 Å². The molecule has 72 valence electrons. The van der Waals surface area contributed by atoms with Gasteiger partial charge in [-0.15, -0.1) is 4.43 Å². The molecular weight excluding hydrogens is 199 g/mol. The van der Waals surface area contributed by atoms with Gasteiger partial charge in [0.05, 0.1) is 11.4 Å². The number of rotatable bonds is 2. The van der Waals surface area contributed by atoms with Crippen molar-refractivity contribution in [2.24, 2.45) is 10.2 Å². The van der Waals surface area contributed by atoms with Crippen LogP contribution in [0, 0.1) is 0 Å². The maximum Gasteiger partial charge on any atom is 0.258 e. The lowest BCUT2D eigenvalue weighted by Gasteiger charge is -1.94. The number of nitrogens with zero attached hydrogens (tertiary/aromatic N) is 2. The van der Waals surface area contributed by atoms with Crippen molar-refractivity contribution < 1.29 is 0 Å². The summed E-state index contributed by atoms with van der Waals surface area (Å²) in [5, 5.41) is 8.30. The first kappa shape index (κ1) is 10.1. The van der Waals surface area contributed by atoms with E-state index in [9.17, 15) is 0 Å². The predicted octanol–water partition coefficient (Wildman–Crippen LogP) is 2.36. The van der Waals surface area contributed by atoms with Crippen LogP contribution in [0.3, 0.4) is 0 Å². The monoisotopic (exact) mass is 210 g/mol. The zero-order valence-electron chi connectivity index (χ0n) is 8.59. The van der Waals surface area contributed by atoms with E-state index < -0.39 is 0 Å². The van der Waals surface area contributed by atoms with Crippen molar-refractivity contribution >= 4 is 32.1 Å². The van der Waals surface area contributed by atoms with Crippen LogP contribution in [0.25, 0.3) is 0 Å². The minimum Gasteiger partial charge on any atom is -0.151 e. The van der Waals surface area contributed by atoms with Gasteiger partial charge in [-0.25, -0.2) is 0 Å². The average Bonchev–Trinajstić information content (AvgIpc) is 2.30. The first-order valence-corrected chi connectivity index (χ1v) is 5.88. The van der Waals surface area contributed by atoms with Crippen LogP contribution >= 0.6 is 0 Å². The van der Waals surface area contributed by atoms with E-state index in [1.807, 2.05) is 42.5 Å². The largest absolute Gasteiger partial charge is 0.258 e. The quantitative estimate of drug-likeness (QED) is 0.537. The van der Waals surface area contributed by atoms with E-state index in [1.165, 1.54) is 4.43 Å². The zero-order chi connectivity index (χ0) is 10.5. The second-order valence-corrected chi connectivity index (χ2v) is 4.53. The topological polar surface area (TPSA) is 24.7 Å².